The van der Waals surface area contributed by atoms with Crippen molar-refractivity contribution in [2.24, 2.45) is 10.8 Å². The van der Waals surface area contributed by atoms with E-state index in [2.05, 4.69) is 57.3 Å². The number of rotatable bonds is 7. The molecule has 0 saturated carbocycles. The minimum absolute atomic E-state index is 0.0140. The molecule has 0 fully saturated rings. The van der Waals surface area contributed by atoms with Gasteiger partial charge in [0.15, 0.2) is 6.61 Å². The van der Waals surface area contributed by atoms with Gasteiger partial charge in [-0.15, -0.1) is 0 Å². The van der Waals surface area contributed by atoms with Crippen LogP contribution in [0.3, 0.4) is 0 Å². The molecule has 0 aromatic carbocycles. The molecule has 0 rings (SSSR count). The predicted molar refractivity (Wildman–Crippen MR) is 75.8 cm³/mol. The highest BCUT2D eigenvalue weighted by molar-refractivity contribution is 7.96. The lowest BCUT2D eigenvalue weighted by atomic mass is 9.73. The fraction of sp³-hybridized carbons (Fsp3) is 0.846. The van der Waals surface area contributed by atoms with E-state index in [0.29, 0.717) is 6.54 Å². The third-order valence-corrected chi connectivity index (χ3v) is 3.13. The lowest BCUT2D eigenvalue weighted by Gasteiger charge is -2.34. The molecule has 0 aliphatic rings. The number of carbonyl (C=O) groups excluding carboxylic acids is 2. The Morgan fingerprint density at radius 2 is 1.72 bits per heavy atom. The van der Waals surface area contributed by atoms with E-state index >= 15 is 0 Å². The highest BCUT2D eigenvalue weighted by Crippen LogP contribution is 2.35. The first-order valence-electron chi connectivity index (χ1n) is 6.20. The molecule has 0 aliphatic heterocycles. The molecule has 1 N–H and O–H groups in total. The fourth-order valence-electron chi connectivity index (χ4n) is 2.00. The van der Waals surface area contributed by atoms with Crippen LogP contribution in [0.4, 0.5) is 4.79 Å². The largest absolute Gasteiger partial charge is 0.448 e. The number of ether oxygens (including phenoxy) is 1. The first-order valence-corrected chi connectivity index (χ1v) is 6.65. The second-order valence-electron chi connectivity index (χ2n) is 6.19. The van der Waals surface area contributed by atoms with E-state index < -0.39 is 5.30 Å². The molecule has 0 aliphatic carbocycles. The van der Waals surface area contributed by atoms with Gasteiger partial charge in [-0.25, -0.2) is 4.79 Å². The van der Waals surface area contributed by atoms with E-state index in [9.17, 15) is 9.59 Å². The molecule has 18 heavy (non-hydrogen) atoms. The Hall–Kier alpha value is -0.710. The Labute approximate surface area is 115 Å². The molecule has 0 aromatic heterocycles. The number of thiol groups is 1. The van der Waals surface area contributed by atoms with Crippen molar-refractivity contribution in [3.8, 4) is 0 Å². The first kappa shape index (κ1) is 17.3. The number of carbonyl (C=O) groups is 2. The van der Waals surface area contributed by atoms with Crippen molar-refractivity contribution in [1.29, 1.82) is 0 Å². The summed E-state index contributed by atoms with van der Waals surface area (Å²) in [6.45, 7) is 11.2. The van der Waals surface area contributed by atoms with Crippen LogP contribution in [0.15, 0.2) is 0 Å². The molecule has 0 aromatic rings. The number of nitrogens with one attached hydrogen (secondary N) is 1. The lowest BCUT2D eigenvalue weighted by molar-refractivity contribution is -0.124. The zero-order valence-corrected chi connectivity index (χ0v) is 12.9. The second-order valence-corrected chi connectivity index (χ2v) is 6.56. The maximum absolute atomic E-state index is 11.4. The summed E-state index contributed by atoms with van der Waals surface area (Å²) in [5, 5.41) is 2.04. The molecule has 106 valence electrons. The van der Waals surface area contributed by atoms with Gasteiger partial charge in [-0.1, -0.05) is 53.7 Å². The summed E-state index contributed by atoms with van der Waals surface area (Å²) in [7, 11) is 0. The fourth-order valence-corrected chi connectivity index (χ4v) is 2.06. The van der Waals surface area contributed by atoms with Gasteiger partial charge in [0.05, 0.1) is 0 Å². The average molecular weight is 275 g/mol. The molecule has 0 bridgehead atoms. The van der Waals surface area contributed by atoms with Crippen LogP contribution in [0.1, 0.15) is 47.5 Å². The van der Waals surface area contributed by atoms with Crippen molar-refractivity contribution in [2.75, 3.05) is 13.2 Å². The molecule has 0 atom stereocenters. The van der Waals surface area contributed by atoms with E-state index in [1.54, 1.807) is 0 Å². The Balaban J connectivity index is 4.10. The topological polar surface area (TPSA) is 55.4 Å². The summed E-state index contributed by atoms with van der Waals surface area (Å²) in [5.41, 5.74) is 0.270. The van der Waals surface area contributed by atoms with Crippen molar-refractivity contribution in [3.05, 3.63) is 0 Å². The molecule has 0 radical (unpaired) electrons. The van der Waals surface area contributed by atoms with Crippen molar-refractivity contribution in [2.45, 2.75) is 47.5 Å². The van der Waals surface area contributed by atoms with Crippen LogP contribution in [0, 0.1) is 10.8 Å². The third-order valence-electron chi connectivity index (χ3n) is 3.01. The van der Waals surface area contributed by atoms with Crippen LogP contribution >= 0.6 is 12.6 Å². The monoisotopic (exact) mass is 275 g/mol. The van der Waals surface area contributed by atoms with Crippen LogP contribution in [0.2, 0.25) is 0 Å². The first-order chi connectivity index (χ1) is 8.08. The average Bonchev–Trinajstić information content (AvgIpc) is 2.22. The molecule has 0 spiro atoms. The Morgan fingerprint density at radius 3 is 2.17 bits per heavy atom. The van der Waals surface area contributed by atoms with Crippen LogP contribution < -0.4 is 5.32 Å². The molecule has 4 nitrogen and oxygen atoms in total. The van der Waals surface area contributed by atoms with Crippen LogP contribution in [-0.2, 0) is 9.53 Å². The SMILES string of the molecule is CCC(C)(C)CC(C)(C)CNC(=O)COC(=O)S. The zero-order chi connectivity index (χ0) is 14.4. The van der Waals surface area contributed by atoms with Crippen LogP contribution in [-0.4, -0.2) is 24.4 Å². The zero-order valence-electron chi connectivity index (χ0n) is 12.0. The minimum Gasteiger partial charge on any atom is -0.448 e. The maximum atomic E-state index is 11.4. The smallest absolute Gasteiger partial charge is 0.364 e. The summed E-state index contributed by atoms with van der Waals surface area (Å²) in [6.07, 6.45) is 2.12. The van der Waals surface area contributed by atoms with Crippen molar-refractivity contribution >= 4 is 23.8 Å². The molecule has 0 unspecified atom stereocenters. The van der Waals surface area contributed by atoms with Gasteiger partial charge in [-0.2, -0.15) is 0 Å². The summed E-state index contributed by atoms with van der Waals surface area (Å²) in [4.78, 5) is 21.8. The highest BCUT2D eigenvalue weighted by Gasteiger charge is 2.27. The van der Waals surface area contributed by atoms with Gasteiger partial charge in [-0.3, -0.25) is 4.79 Å². The van der Waals surface area contributed by atoms with Gasteiger partial charge >= 0.3 is 5.30 Å². The number of hydrogen-bond donors (Lipinski definition) is 2. The van der Waals surface area contributed by atoms with E-state index in [1.165, 1.54) is 0 Å². The van der Waals surface area contributed by atoms with E-state index in [4.69, 9.17) is 0 Å². The Morgan fingerprint density at radius 1 is 1.17 bits per heavy atom. The number of hydrogen-bond acceptors (Lipinski definition) is 3. The second kappa shape index (κ2) is 7.02. The molecule has 5 heteroatoms. The van der Waals surface area contributed by atoms with E-state index in [1.807, 2.05) is 0 Å². The van der Waals surface area contributed by atoms with E-state index in [0.717, 1.165) is 12.8 Å². The van der Waals surface area contributed by atoms with Gasteiger partial charge < -0.3 is 10.1 Å². The summed E-state index contributed by atoms with van der Waals surface area (Å²) < 4.78 is 4.50. The lowest BCUT2D eigenvalue weighted by Crippen LogP contribution is -2.38. The highest BCUT2D eigenvalue weighted by atomic mass is 32.1. The minimum atomic E-state index is -0.739. The quantitative estimate of drug-likeness (QED) is 0.554. The molecular formula is C13H25NO3S. The third kappa shape index (κ3) is 8.39. The Bertz CT molecular complexity index is 301. The molecule has 0 saturated heterocycles. The normalized spacial score (nSPS) is 12.1. The Kier molecular flexibility index (Phi) is 6.74. The number of amides is 1. The van der Waals surface area contributed by atoms with Crippen LogP contribution in [0.5, 0.6) is 0 Å². The predicted octanol–water partition coefficient (Wildman–Crippen LogP) is 3.02. The summed E-state index contributed by atoms with van der Waals surface area (Å²) in [6, 6.07) is 0. The van der Waals surface area contributed by atoms with Gasteiger partial charge in [0, 0.05) is 6.54 Å². The van der Waals surface area contributed by atoms with Gasteiger partial charge in [0.2, 0.25) is 0 Å². The van der Waals surface area contributed by atoms with Gasteiger partial charge in [0.1, 0.15) is 0 Å². The molecule has 0 heterocycles. The summed E-state index contributed by atoms with van der Waals surface area (Å²) in [5.74, 6) is -0.292. The standard InChI is InChI=1S/C13H25NO3S/c1-6-12(2,3)8-13(4,5)9-14-10(15)7-17-11(16)18/h6-9H2,1-5H3,(H,14,15)(H,16,18). The van der Waals surface area contributed by atoms with Gasteiger partial charge in [-0.05, 0) is 17.3 Å². The van der Waals surface area contributed by atoms with Crippen molar-refractivity contribution in [1.82, 2.24) is 5.32 Å². The molecule has 1 amide bonds. The van der Waals surface area contributed by atoms with Crippen molar-refractivity contribution < 1.29 is 14.3 Å². The maximum Gasteiger partial charge on any atom is 0.364 e. The van der Waals surface area contributed by atoms with Crippen LogP contribution in [0.25, 0.3) is 0 Å². The van der Waals surface area contributed by atoms with Gasteiger partial charge in [0.25, 0.3) is 5.91 Å². The molecular weight excluding hydrogens is 250 g/mol. The van der Waals surface area contributed by atoms with E-state index in [-0.39, 0.29) is 23.3 Å². The summed E-state index contributed by atoms with van der Waals surface area (Å²) >= 11 is 3.43. The van der Waals surface area contributed by atoms with Crippen molar-refractivity contribution in [3.63, 3.8) is 0 Å².